The first-order valence-electron chi connectivity index (χ1n) is 3.43. The number of rotatable bonds is 6. The zero-order chi connectivity index (χ0) is 10.5. The van der Waals surface area contributed by atoms with E-state index in [4.69, 9.17) is 0 Å². The lowest BCUT2D eigenvalue weighted by Gasteiger charge is -2.05. The van der Waals surface area contributed by atoms with Crippen molar-refractivity contribution in [2.45, 2.75) is 12.8 Å². The van der Waals surface area contributed by atoms with Crippen LogP contribution in [0.25, 0.3) is 0 Å². The molecule has 0 spiro atoms. The highest BCUT2D eigenvalue weighted by Crippen LogP contribution is 1.95. The highest BCUT2D eigenvalue weighted by molar-refractivity contribution is 7.91. The first-order chi connectivity index (χ1) is 5.83. The van der Waals surface area contributed by atoms with Crippen LogP contribution in [0.4, 0.5) is 0 Å². The fraction of sp³-hybridized carbons (Fsp3) is 0.667. The Hall–Kier alpha value is -1.11. The van der Waals surface area contributed by atoms with Gasteiger partial charge in [-0.3, -0.25) is 0 Å². The van der Waals surface area contributed by atoms with E-state index in [0.29, 0.717) is 0 Å². The molecule has 13 heavy (non-hydrogen) atoms. The van der Waals surface area contributed by atoms with Crippen LogP contribution < -0.4 is 10.2 Å². The lowest BCUT2D eigenvalue weighted by molar-refractivity contribution is -0.306. The van der Waals surface area contributed by atoms with Gasteiger partial charge in [0.15, 0.2) is 9.84 Å². The molecule has 0 N–H and O–H groups in total. The van der Waals surface area contributed by atoms with E-state index in [1.54, 1.807) is 0 Å². The normalized spacial score (nSPS) is 11.1. The second-order valence-electron chi connectivity index (χ2n) is 2.40. The summed E-state index contributed by atoms with van der Waals surface area (Å²) < 4.78 is 21.7. The molecule has 0 aliphatic heterocycles. The molecule has 0 aromatic heterocycles. The van der Waals surface area contributed by atoms with E-state index < -0.39 is 46.1 Å². The van der Waals surface area contributed by atoms with Crippen LogP contribution in [0.2, 0.25) is 0 Å². The monoisotopic (exact) mass is 208 g/mol. The molecule has 0 fully saturated rings. The smallest absolute Gasteiger partial charge is 0.151 e. The Labute approximate surface area is 75.1 Å². The van der Waals surface area contributed by atoms with E-state index in [1.165, 1.54) is 0 Å². The standard InChI is InChI=1S/C6H10O6S/c7-5(8)1-3-13(11,12)4-2-6(9)10/h1-4H2,(H,7,8)(H,9,10)/p-2. The molecule has 0 aliphatic rings. The molecular formula is C6H8O6S-2. The molecule has 0 aromatic rings. The van der Waals surface area contributed by atoms with Crippen LogP contribution in [0.3, 0.4) is 0 Å². The van der Waals surface area contributed by atoms with Crippen LogP contribution >= 0.6 is 0 Å². The van der Waals surface area contributed by atoms with Crippen molar-refractivity contribution in [2.75, 3.05) is 11.5 Å². The summed E-state index contributed by atoms with van der Waals surface area (Å²) >= 11 is 0. The highest BCUT2D eigenvalue weighted by atomic mass is 32.2. The van der Waals surface area contributed by atoms with Gasteiger partial charge in [0, 0.05) is 24.8 Å². The van der Waals surface area contributed by atoms with Crippen molar-refractivity contribution in [1.82, 2.24) is 0 Å². The minimum Gasteiger partial charge on any atom is -0.550 e. The molecule has 0 rings (SSSR count). The van der Waals surface area contributed by atoms with Crippen LogP contribution in [0.15, 0.2) is 0 Å². The van der Waals surface area contributed by atoms with Gasteiger partial charge in [-0.05, 0) is 0 Å². The molecule has 6 nitrogen and oxygen atoms in total. The van der Waals surface area contributed by atoms with E-state index in [-0.39, 0.29) is 0 Å². The number of hydrogen-bond acceptors (Lipinski definition) is 6. The van der Waals surface area contributed by atoms with Crippen LogP contribution in [-0.2, 0) is 19.4 Å². The highest BCUT2D eigenvalue weighted by Gasteiger charge is 2.10. The Morgan fingerprint density at radius 3 is 1.46 bits per heavy atom. The number of carboxylic acid groups (broad SMARTS) is 2. The summed E-state index contributed by atoms with van der Waals surface area (Å²) in [5.41, 5.74) is 0. The summed E-state index contributed by atoms with van der Waals surface area (Å²) in [4.78, 5) is 19.8. The Morgan fingerprint density at radius 2 is 1.23 bits per heavy atom. The van der Waals surface area contributed by atoms with E-state index in [1.807, 2.05) is 0 Å². The molecule has 0 aliphatic carbocycles. The largest absolute Gasteiger partial charge is 0.550 e. The molecule has 0 heterocycles. The van der Waals surface area contributed by atoms with Gasteiger partial charge in [0.1, 0.15) is 0 Å². The zero-order valence-electron chi connectivity index (χ0n) is 6.69. The summed E-state index contributed by atoms with van der Waals surface area (Å²) in [6.45, 7) is 0. The lowest BCUT2D eigenvalue weighted by atomic mass is 10.5. The van der Waals surface area contributed by atoms with Gasteiger partial charge in [-0.2, -0.15) is 0 Å². The Morgan fingerprint density at radius 1 is 0.923 bits per heavy atom. The zero-order valence-corrected chi connectivity index (χ0v) is 7.50. The fourth-order valence-corrected chi connectivity index (χ4v) is 1.74. The summed E-state index contributed by atoms with van der Waals surface area (Å²) in [6.07, 6.45) is -1.23. The predicted molar refractivity (Wildman–Crippen MR) is 37.9 cm³/mol. The summed E-state index contributed by atoms with van der Waals surface area (Å²) in [7, 11) is -3.61. The van der Waals surface area contributed by atoms with Gasteiger partial charge in [-0.1, -0.05) is 0 Å². The molecule has 0 saturated carbocycles. The number of carbonyl (C=O) groups is 2. The number of hydrogen-bond donors (Lipinski definition) is 0. The molecule has 0 unspecified atom stereocenters. The Balaban J connectivity index is 3.95. The maximum Gasteiger partial charge on any atom is 0.151 e. The van der Waals surface area contributed by atoms with Gasteiger partial charge < -0.3 is 19.8 Å². The fourth-order valence-electron chi connectivity index (χ4n) is 0.580. The third-order valence-corrected chi connectivity index (χ3v) is 2.89. The van der Waals surface area contributed by atoms with E-state index in [2.05, 4.69) is 0 Å². The lowest BCUT2D eigenvalue weighted by Crippen LogP contribution is -2.28. The van der Waals surface area contributed by atoms with Crippen LogP contribution in [0.1, 0.15) is 12.8 Å². The molecule has 0 amide bonds. The average molecular weight is 208 g/mol. The van der Waals surface area contributed by atoms with Gasteiger partial charge in [-0.15, -0.1) is 0 Å². The molecule has 0 saturated heterocycles. The second-order valence-corrected chi connectivity index (χ2v) is 4.70. The van der Waals surface area contributed by atoms with Crippen molar-refractivity contribution in [3.8, 4) is 0 Å². The van der Waals surface area contributed by atoms with Crippen molar-refractivity contribution in [2.24, 2.45) is 0 Å². The molecule has 7 heteroatoms. The molecule has 0 bridgehead atoms. The van der Waals surface area contributed by atoms with Crippen LogP contribution in [-0.4, -0.2) is 31.9 Å². The maximum atomic E-state index is 10.9. The molecule has 76 valence electrons. The first kappa shape index (κ1) is 11.9. The SMILES string of the molecule is O=C([O-])CCS(=O)(=O)CCC(=O)[O-]. The summed E-state index contributed by atoms with van der Waals surface area (Å²) in [5.74, 6) is -4.14. The number of sulfone groups is 1. The predicted octanol–water partition coefficient (Wildman–Crippen LogP) is -3.32. The topological polar surface area (TPSA) is 114 Å². The van der Waals surface area contributed by atoms with Crippen molar-refractivity contribution < 1.29 is 28.2 Å². The van der Waals surface area contributed by atoms with Crippen molar-refractivity contribution in [3.63, 3.8) is 0 Å². The van der Waals surface area contributed by atoms with E-state index in [0.717, 1.165) is 0 Å². The quantitative estimate of drug-likeness (QED) is 0.451. The number of carbonyl (C=O) groups excluding carboxylic acids is 2. The van der Waals surface area contributed by atoms with Crippen LogP contribution in [0.5, 0.6) is 0 Å². The number of carboxylic acids is 2. The van der Waals surface area contributed by atoms with Gasteiger partial charge in [0.05, 0.1) is 11.5 Å². The van der Waals surface area contributed by atoms with E-state index >= 15 is 0 Å². The van der Waals surface area contributed by atoms with Gasteiger partial charge in [0.25, 0.3) is 0 Å². The number of aliphatic carboxylic acids is 2. The Bertz CT molecular complexity index is 266. The summed E-state index contributed by atoms with van der Waals surface area (Å²) in [5, 5.41) is 19.8. The molecule has 0 atom stereocenters. The summed E-state index contributed by atoms with van der Waals surface area (Å²) in [6, 6.07) is 0. The van der Waals surface area contributed by atoms with Gasteiger partial charge >= 0.3 is 0 Å². The molecular weight excluding hydrogens is 200 g/mol. The first-order valence-corrected chi connectivity index (χ1v) is 5.26. The minimum atomic E-state index is -3.61. The van der Waals surface area contributed by atoms with E-state index in [9.17, 15) is 28.2 Å². The van der Waals surface area contributed by atoms with Crippen molar-refractivity contribution in [3.05, 3.63) is 0 Å². The maximum absolute atomic E-state index is 10.9. The van der Waals surface area contributed by atoms with Crippen molar-refractivity contribution in [1.29, 1.82) is 0 Å². The van der Waals surface area contributed by atoms with Crippen LogP contribution in [0, 0.1) is 0 Å². The van der Waals surface area contributed by atoms with Gasteiger partial charge in [-0.25, -0.2) is 8.42 Å². The van der Waals surface area contributed by atoms with Crippen molar-refractivity contribution >= 4 is 21.8 Å². The third kappa shape index (κ3) is 7.26. The average Bonchev–Trinajstić information content (AvgIpc) is 1.98. The molecule has 0 radical (unpaired) electrons. The minimum absolute atomic E-state index is 0.595. The second kappa shape index (κ2) is 4.80. The third-order valence-electron chi connectivity index (χ3n) is 1.23. The van der Waals surface area contributed by atoms with Gasteiger partial charge in [0.2, 0.25) is 0 Å². The molecule has 0 aromatic carbocycles. The Kier molecular flexibility index (Phi) is 4.39.